The molecule has 0 saturated heterocycles. The van der Waals surface area contributed by atoms with Gasteiger partial charge in [-0.15, -0.1) is 0 Å². The second-order valence-corrected chi connectivity index (χ2v) is 8.08. The molecule has 0 fully saturated rings. The number of carbonyl (C=O) groups is 2. The second-order valence-electron chi connectivity index (χ2n) is 7.30. The van der Waals surface area contributed by atoms with Crippen molar-refractivity contribution < 1.29 is 14.3 Å². The number of aryl methyl sites for hydroxylation is 1. The molecule has 0 radical (unpaired) electrons. The average molecular weight is 446 g/mol. The molecule has 0 heterocycles. The van der Waals surface area contributed by atoms with E-state index in [9.17, 15) is 9.59 Å². The number of ether oxygens (including phenoxy) is 1. The number of nitrogens with zero attached hydrogens (tertiary/aromatic N) is 1. The van der Waals surface area contributed by atoms with Crippen LogP contribution in [0.2, 0.25) is 10.0 Å². The standard InChI is InChI=1S/C24H25Cl2NO3/c1-14(2)21(23(29)18-11-12-19(25)16(4)22(18)26)24(27(5)6)30-13-20(28)17-9-7-15(3)8-10-17/h7-12H,1,13H2,2-6H3/b24-21-. The number of Topliss-reactive ketones (excluding diaryl/α,β-unsaturated/α-hetero) is 2. The van der Waals surface area contributed by atoms with Gasteiger partial charge in [0.2, 0.25) is 5.88 Å². The lowest BCUT2D eigenvalue weighted by molar-refractivity contribution is 0.0771. The first-order valence-electron chi connectivity index (χ1n) is 9.34. The van der Waals surface area contributed by atoms with Crippen molar-refractivity contribution in [1.82, 2.24) is 4.90 Å². The fourth-order valence-corrected chi connectivity index (χ4v) is 3.28. The van der Waals surface area contributed by atoms with Crippen molar-refractivity contribution in [2.75, 3.05) is 20.7 Å². The monoisotopic (exact) mass is 445 g/mol. The lowest BCUT2D eigenvalue weighted by Crippen LogP contribution is -2.23. The topological polar surface area (TPSA) is 46.6 Å². The Kier molecular flexibility index (Phi) is 7.88. The number of hydrogen-bond acceptors (Lipinski definition) is 4. The Labute approximate surface area is 187 Å². The maximum atomic E-state index is 13.3. The van der Waals surface area contributed by atoms with Crippen molar-refractivity contribution in [3.8, 4) is 0 Å². The molecule has 0 atom stereocenters. The molecular weight excluding hydrogens is 421 g/mol. The maximum Gasteiger partial charge on any atom is 0.201 e. The molecule has 0 aliphatic carbocycles. The van der Waals surface area contributed by atoms with Gasteiger partial charge in [0, 0.05) is 30.2 Å². The molecule has 2 rings (SSSR count). The Morgan fingerprint density at radius 2 is 1.63 bits per heavy atom. The minimum absolute atomic E-state index is 0.191. The van der Waals surface area contributed by atoms with E-state index >= 15 is 0 Å². The number of benzene rings is 2. The molecule has 0 amide bonds. The summed E-state index contributed by atoms with van der Waals surface area (Å²) >= 11 is 12.5. The molecule has 0 aliphatic heterocycles. The number of ketones is 2. The van der Waals surface area contributed by atoms with Gasteiger partial charge in [-0.05, 0) is 44.0 Å². The summed E-state index contributed by atoms with van der Waals surface area (Å²) in [6, 6.07) is 10.4. The first kappa shape index (κ1) is 23.7. The summed E-state index contributed by atoms with van der Waals surface area (Å²) in [7, 11) is 3.47. The third-order valence-electron chi connectivity index (χ3n) is 4.55. The van der Waals surface area contributed by atoms with E-state index in [4.69, 9.17) is 27.9 Å². The van der Waals surface area contributed by atoms with Crippen LogP contribution in [-0.2, 0) is 4.74 Å². The van der Waals surface area contributed by atoms with Crippen LogP contribution in [0.1, 0.15) is 38.8 Å². The molecule has 0 aliphatic rings. The van der Waals surface area contributed by atoms with E-state index in [1.165, 1.54) is 0 Å². The summed E-state index contributed by atoms with van der Waals surface area (Å²) < 4.78 is 5.82. The lowest BCUT2D eigenvalue weighted by atomic mass is 9.97. The van der Waals surface area contributed by atoms with Crippen LogP contribution < -0.4 is 0 Å². The number of halogens is 2. The molecular formula is C24H25Cl2NO3. The molecule has 0 aromatic heterocycles. The summed E-state index contributed by atoms with van der Waals surface area (Å²) in [6.45, 7) is 9.12. The zero-order valence-electron chi connectivity index (χ0n) is 17.8. The number of carbonyl (C=O) groups excluding carboxylic acids is 2. The van der Waals surface area contributed by atoms with E-state index in [1.807, 2.05) is 19.1 Å². The number of allylic oxidation sites excluding steroid dienone is 2. The van der Waals surface area contributed by atoms with Crippen LogP contribution in [0.4, 0.5) is 0 Å². The molecule has 0 saturated carbocycles. The molecule has 6 heteroatoms. The lowest BCUT2D eigenvalue weighted by Gasteiger charge is -2.22. The van der Waals surface area contributed by atoms with E-state index in [-0.39, 0.29) is 34.7 Å². The summed E-state index contributed by atoms with van der Waals surface area (Å²) in [5.41, 5.74) is 3.26. The zero-order chi connectivity index (χ0) is 22.6. The van der Waals surface area contributed by atoms with Gasteiger partial charge in [0.25, 0.3) is 0 Å². The smallest absolute Gasteiger partial charge is 0.201 e. The highest BCUT2D eigenvalue weighted by Crippen LogP contribution is 2.31. The van der Waals surface area contributed by atoms with Gasteiger partial charge in [-0.3, -0.25) is 9.59 Å². The molecule has 0 N–H and O–H groups in total. The van der Waals surface area contributed by atoms with E-state index in [0.717, 1.165) is 5.56 Å². The van der Waals surface area contributed by atoms with Crippen LogP contribution >= 0.6 is 23.2 Å². The third-order valence-corrected chi connectivity index (χ3v) is 5.45. The maximum absolute atomic E-state index is 13.3. The van der Waals surface area contributed by atoms with Gasteiger partial charge in [-0.25, -0.2) is 0 Å². The predicted octanol–water partition coefficient (Wildman–Crippen LogP) is 6.04. The first-order chi connectivity index (χ1) is 14.0. The van der Waals surface area contributed by atoms with Gasteiger partial charge in [-0.1, -0.05) is 59.6 Å². The largest absolute Gasteiger partial charge is 0.470 e. The van der Waals surface area contributed by atoms with Gasteiger partial charge in [0.05, 0.1) is 10.6 Å². The van der Waals surface area contributed by atoms with Crippen LogP contribution in [-0.4, -0.2) is 37.2 Å². The van der Waals surface area contributed by atoms with Gasteiger partial charge in [0.1, 0.15) is 0 Å². The highest BCUT2D eigenvalue weighted by atomic mass is 35.5. The fraction of sp³-hybridized carbons (Fsp3) is 0.250. The van der Waals surface area contributed by atoms with Crippen LogP contribution in [0.3, 0.4) is 0 Å². The van der Waals surface area contributed by atoms with Crippen LogP contribution in [0.15, 0.2) is 60.0 Å². The summed E-state index contributed by atoms with van der Waals surface area (Å²) in [6.07, 6.45) is 0. The van der Waals surface area contributed by atoms with Gasteiger partial charge in [0.15, 0.2) is 18.2 Å². The van der Waals surface area contributed by atoms with E-state index in [0.29, 0.717) is 27.3 Å². The predicted molar refractivity (Wildman–Crippen MR) is 123 cm³/mol. The number of rotatable bonds is 8. The van der Waals surface area contributed by atoms with Crippen molar-refractivity contribution in [3.05, 3.63) is 92.3 Å². The van der Waals surface area contributed by atoms with Gasteiger partial charge in [-0.2, -0.15) is 0 Å². The highest BCUT2D eigenvalue weighted by Gasteiger charge is 2.25. The fourth-order valence-electron chi connectivity index (χ4n) is 2.83. The Morgan fingerprint density at radius 3 is 2.17 bits per heavy atom. The van der Waals surface area contributed by atoms with Crippen LogP contribution in [0.25, 0.3) is 0 Å². The average Bonchev–Trinajstić information content (AvgIpc) is 2.68. The molecule has 0 unspecified atom stereocenters. The molecule has 4 nitrogen and oxygen atoms in total. The molecule has 30 heavy (non-hydrogen) atoms. The summed E-state index contributed by atoms with van der Waals surface area (Å²) in [5, 5.41) is 0.755. The Bertz CT molecular complexity index is 1020. The molecule has 2 aromatic rings. The van der Waals surface area contributed by atoms with Crippen molar-refractivity contribution in [2.24, 2.45) is 0 Å². The van der Waals surface area contributed by atoms with Gasteiger partial charge >= 0.3 is 0 Å². The Morgan fingerprint density at radius 1 is 1.03 bits per heavy atom. The zero-order valence-corrected chi connectivity index (χ0v) is 19.3. The Balaban J connectivity index is 2.42. The first-order valence-corrected chi connectivity index (χ1v) is 10.1. The van der Waals surface area contributed by atoms with E-state index in [2.05, 4.69) is 6.58 Å². The highest BCUT2D eigenvalue weighted by molar-refractivity contribution is 6.39. The normalized spacial score (nSPS) is 11.6. The van der Waals surface area contributed by atoms with Crippen molar-refractivity contribution in [2.45, 2.75) is 20.8 Å². The Hall–Kier alpha value is -2.56. The van der Waals surface area contributed by atoms with Gasteiger partial charge < -0.3 is 9.64 Å². The minimum atomic E-state index is -0.348. The van der Waals surface area contributed by atoms with Crippen LogP contribution in [0.5, 0.6) is 0 Å². The second kappa shape index (κ2) is 9.96. The molecule has 2 aromatic carbocycles. The molecule has 0 bridgehead atoms. The molecule has 0 spiro atoms. The minimum Gasteiger partial charge on any atom is -0.470 e. The van der Waals surface area contributed by atoms with Crippen molar-refractivity contribution in [1.29, 1.82) is 0 Å². The molecule has 158 valence electrons. The number of hydrogen-bond donors (Lipinski definition) is 0. The van der Waals surface area contributed by atoms with E-state index < -0.39 is 0 Å². The van der Waals surface area contributed by atoms with E-state index in [1.54, 1.807) is 57.1 Å². The van der Waals surface area contributed by atoms with Crippen molar-refractivity contribution in [3.63, 3.8) is 0 Å². The summed E-state index contributed by atoms with van der Waals surface area (Å²) in [4.78, 5) is 27.5. The third kappa shape index (κ3) is 5.32. The SMILES string of the molecule is C=C(C)/C(C(=O)c1ccc(Cl)c(C)c1Cl)=C(/OCC(=O)c1ccc(C)cc1)N(C)C. The quantitative estimate of drug-likeness (QED) is 0.215. The summed E-state index contributed by atoms with van der Waals surface area (Å²) in [5.74, 6) is -0.293. The van der Waals surface area contributed by atoms with Crippen LogP contribution in [0, 0.1) is 13.8 Å². The van der Waals surface area contributed by atoms with Crippen molar-refractivity contribution >= 4 is 34.8 Å².